The van der Waals surface area contributed by atoms with Gasteiger partial charge in [-0.25, -0.2) is 4.98 Å². The Bertz CT molecular complexity index is 211. The van der Waals surface area contributed by atoms with Crippen LogP contribution in [-0.2, 0) is 6.42 Å². The first-order valence-corrected chi connectivity index (χ1v) is 3.55. The number of aromatic nitrogens is 2. The van der Waals surface area contributed by atoms with Crippen molar-refractivity contribution in [2.75, 3.05) is 0 Å². The average molecular weight is 137 g/mol. The monoisotopic (exact) mass is 137 g/mol. The van der Waals surface area contributed by atoms with E-state index in [-0.39, 0.29) is 5.54 Å². The van der Waals surface area contributed by atoms with Crippen LogP contribution in [0, 0.1) is 0 Å². The zero-order valence-corrected chi connectivity index (χ0v) is 5.80. The van der Waals surface area contributed by atoms with Gasteiger partial charge in [-0.2, -0.15) is 0 Å². The first-order chi connectivity index (χ1) is 4.79. The van der Waals surface area contributed by atoms with Gasteiger partial charge >= 0.3 is 0 Å². The zero-order valence-electron chi connectivity index (χ0n) is 5.80. The van der Waals surface area contributed by atoms with Gasteiger partial charge < -0.3 is 10.7 Å². The van der Waals surface area contributed by atoms with Crippen LogP contribution in [0.1, 0.15) is 18.5 Å². The Kier molecular flexibility index (Phi) is 1.08. The predicted octanol–water partition coefficient (Wildman–Crippen LogP) is 0.443. The van der Waals surface area contributed by atoms with Crippen LogP contribution in [-0.4, -0.2) is 15.5 Å². The zero-order chi connectivity index (χ0) is 7.03. The van der Waals surface area contributed by atoms with E-state index in [1.165, 1.54) is 0 Å². The second kappa shape index (κ2) is 1.83. The standard InChI is InChI=1S/C7H11N3/c8-7(1-2-7)3-6-4-9-5-10-6/h4-5H,1-3,8H2,(H,9,10). The number of imidazole rings is 1. The Morgan fingerprint density at radius 2 is 2.50 bits per heavy atom. The van der Waals surface area contributed by atoms with E-state index in [0.717, 1.165) is 25.0 Å². The molecule has 3 nitrogen and oxygen atoms in total. The van der Waals surface area contributed by atoms with E-state index < -0.39 is 0 Å². The fraction of sp³-hybridized carbons (Fsp3) is 0.571. The Labute approximate surface area is 59.7 Å². The Morgan fingerprint density at radius 3 is 3.00 bits per heavy atom. The van der Waals surface area contributed by atoms with Gasteiger partial charge in [0.2, 0.25) is 0 Å². The third-order valence-corrected chi connectivity index (χ3v) is 1.99. The molecule has 3 N–H and O–H groups in total. The molecule has 1 heterocycles. The normalized spacial score (nSPS) is 20.9. The molecule has 0 saturated heterocycles. The molecular formula is C7H11N3. The molecule has 1 saturated carbocycles. The number of hydrogen-bond donors (Lipinski definition) is 2. The van der Waals surface area contributed by atoms with Crippen molar-refractivity contribution >= 4 is 0 Å². The quantitative estimate of drug-likeness (QED) is 0.621. The highest BCUT2D eigenvalue weighted by Gasteiger charge is 2.38. The van der Waals surface area contributed by atoms with Gasteiger partial charge in [0.05, 0.1) is 6.33 Å². The maximum absolute atomic E-state index is 5.89. The molecule has 1 aromatic rings. The number of hydrogen-bond acceptors (Lipinski definition) is 2. The molecular weight excluding hydrogens is 126 g/mol. The molecule has 0 aromatic carbocycles. The van der Waals surface area contributed by atoms with E-state index in [0.29, 0.717) is 0 Å². The SMILES string of the molecule is NC1(Cc2cnc[nH]2)CC1. The lowest BCUT2D eigenvalue weighted by Crippen LogP contribution is -2.24. The highest BCUT2D eigenvalue weighted by molar-refractivity contribution is 5.09. The Morgan fingerprint density at radius 1 is 1.70 bits per heavy atom. The van der Waals surface area contributed by atoms with Crippen LogP contribution in [0.5, 0.6) is 0 Å². The van der Waals surface area contributed by atoms with Crippen LogP contribution in [0.25, 0.3) is 0 Å². The van der Waals surface area contributed by atoms with Crippen molar-refractivity contribution in [1.29, 1.82) is 0 Å². The van der Waals surface area contributed by atoms with E-state index >= 15 is 0 Å². The summed E-state index contributed by atoms with van der Waals surface area (Å²) in [5, 5.41) is 0. The van der Waals surface area contributed by atoms with Gasteiger partial charge in [-0.05, 0) is 12.8 Å². The molecule has 0 aliphatic heterocycles. The molecule has 1 aromatic heterocycles. The number of H-pyrrole nitrogens is 1. The molecule has 0 spiro atoms. The molecule has 0 unspecified atom stereocenters. The highest BCUT2D eigenvalue weighted by atomic mass is 14.9. The van der Waals surface area contributed by atoms with Crippen molar-refractivity contribution in [3.8, 4) is 0 Å². The van der Waals surface area contributed by atoms with E-state index in [2.05, 4.69) is 9.97 Å². The summed E-state index contributed by atoms with van der Waals surface area (Å²) in [5.41, 5.74) is 7.15. The van der Waals surface area contributed by atoms with E-state index in [1.807, 2.05) is 6.20 Å². The van der Waals surface area contributed by atoms with Gasteiger partial charge in [0.1, 0.15) is 0 Å². The van der Waals surface area contributed by atoms with Crippen molar-refractivity contribution in [3.05, 3.63) is 18.2 Å². The first kappa shape index (κ1) is 5.92. The highest BCUT2D eigenvalue weighted by Crippen LogP contribution is 2.34. The summed E-state index contributed by atoms with van der Waals surface area (Å²) >= 11 is 0. The third kappa shape index (κ3) is 1.04. The molecule has 1 aliphatic carbocycles. The van der Waals surface area contributed by atoms with E-state index in [9.17, 15) is 0 Å². The largest absolute Gasteiger partial charge is 0.348 e. The van der Waals surface area contributed by atoms with Gasteiger partial charge in [0.25, 0.3) is 0 Å². The number of nitrogens with two attached hydrogens (primary N) is 1. The molecule has 0 bridgehead atoms. The smallest absolute Gasteiger partial charge is 0.0921 e. The fourth-order valence-corrected chi connectivity index (χ4v) is 1.10. The summed E-state index contributed by atoms with van der Waals surface area (Å²) in [6.45, 7) is 0. The topological polar surface area (TPSA) is 54.7 Å². The molecule has 0 radical (unpaired) electrons. The summed E-state index contributed by atoms with van der Waals surface area (Å²) < 4.78 is 0. The van der Waals surface area contributed by atoms with Gasteiger partial charge in [0.15, 0.2) is 0 Å². The lowest BCUT2D eigenvalue weighted by Gasteiger charge is -2.03. The molecule has 1 fully saturated rings. The number of rotatable bonds is 2. The maximum Gasteiger partial charge on any atom is 0.0921 e. The second-order valence-electron chi connectivity index (χ2n) is 3.12. The minimum atomic E-state index is 0.104. The van der Waals surface area contributed by atoms with Crippen LogP contribution >= 0.6 is 0 Å². The van der Waals surface area contributed by atoms with Gasteiger partial charge in [-0.3, -0.25) is 0 Å². The van der Waals surface area contributed by atoms with Crippen molar-refractivity contribution < 1.29 is 0 Å². The minimum Gasteiger partial charge on any atom is -0.348 e. The predicted molar refractivity (Wildman–Crippen MR) is 38.4 cm³/mol. The molecule has 3 heteroatoms. The van der Waals surface area contributed by atoms with Crippen molar-refractivity contribution in [2.45, 2.75) is 24.8 Å². The van der Waals surface area contributed by atoms with E-state index in [4.69, 9.17) is 5.73 Å². The minimum absolute atomic E-state index is 0.104. The maximum atomic E-state index is 5.89. The van der Waals surface area contributed by atoms with Crippen LogP contribution in [0.2, 0.25) is 0 Å². The van der Waals surface area contributed by atoms with Crippen LogP contribution in [0.3, 0.4) is 0 Å². The summed E-state index contributed by atoms with van der Waals surface area (Å²) in [6.07, 6.45) is 6.80. The van der Waals surface area contributed by atoms with Gasteiger partial charge in [-0.15, -0.1) is 0 Å². The average Bonchev–Trinajstić information content (AvgIpc) is 2.47. The number of nitrogens with one attached hydrogen (secondary N) is 1. The van der Waals surface area contributed by atoms with Crippen LogP contribution in [0.15, 0.2) is 12.5 Å². The fourth-order valence-electron chi connectivity index (χ4n) is 1.10. The number of aromatic amines is 1. The number of nitrogens with zero attached hydrogens (tertiary/aromatic N) is 1. The summed E-state index contributed by atoms with van der Waals surface area (Å²) in [4.78, 5) is 6.97. The van der Waals surface area contributed by atoms with Gasteiger partial charge in [-0.1, -0.05) is 0 Å². The molecule has 0 amide bonds. The molecule has 0 atom stereocenters. The summed E-state index contributed by atoms with van der Waals surface area (Å²) in [5.74, 6) is 0. The molecule has 2 rings (SSSR count). The Hall–Kier alpha value is -0.830. The lowest BCUT2D eigenvalue weighted by atomic mass is 10.1. The van der Waals surface area contributed by atoms with Crippen molar-refractivity contribution in [3.63, 3.8) is 0 Å². The second-order valence-corrected chi connectivity index (χ2v) is 3.12. The molecule has 54 valence electrons. The third-order valence-electron chi connectivity index (χ3n) is 1.99. The summed E-state index contributed by atoms with van der Waals surface area (Å²) in [6, 6.07) is 0. The first-order valence-electron chi connectivity index (χ1n) is 3.55. The van der Waals surface area contributed by atoms with Crippen LogP contribution in [0.4, 0.5) is 0 Å². The van der Waals surface area contributed by atoms with Crippen molar-refractivity contribution in [2.24, 2.45) is 5.73 Å². The van der Waals surface area contributed by atoms with E-state index in [1.54, 1.807) is 6.33 Å². The van der Waals surface area contributed by atoms with Crippen LogP contribution < -0.4 is 5.73 Å². The summed E-state index contributed by atoms with van der Waals surface area (Å²) in [7, 11) is 0. The molecule has 10 heavy (non-hydrogen) atoms. The Balaban J connectivity index is 2.04. The van der Waals surface area contributed by atoms with Crippen molar-refractivity contribution in [1.82, 2.24) is 9.97 Å². The lowest BCUT2D eigenvalue weighted by molar-refractivity contribution is 0.662. The molecule has 1 aliphatic rings. The van der Waals surface area contributed by atoms with Gasteiger partial charge in [0, 0.05) is 23.9 Å².